The zero-order valence-corrected chi connectivity index (χ0v) is 14.7. The summed E-state index contributed by atoms with van der Waals surface area (Å²) in [4.78, 5) is 12.4. The van der Waals surface area contributed by atoms with Crippen molar-refractivity contribution in [1.29, 1.82) is 0 Å². The third-order valence-electron chi connectivity index (χ3n) is 3.38. The predicted molar refractivity (Wildman–Crippen MR) is 99.5 cm³/mol. The van der Waals surface area contributed by atoms with Gasteiger partial charge in [-0.05, 0) is 43.3 Å². The maximum absolute atomic E-state index is 12.4. The third kappa shape index (κ3) is 4.05. The Kier molecular flexibility index (Phi) is 5.13. The fourth-order valence-corrected chi connectivity index (χ4v) is 2.76. The monoisotopic (exact) mass is 373 g/mol. The van der Waals surface area contributed by atoms with Crippen LogP contribution in [-0.2, 0) is 0 Å². The van der Waals surface area contributed by atoms with Crippen LogP contribution in [0.25, 0.3) is 10.9 Å². The third-order valence-corrected chi connectivity index (χ3v) is 3.82. The lowest BCUT2D eigenvalue weighted by molar-refractivity contribution is 0.102. The van der Waals surface area contributed by atoms with Gasteiger partial charge in [-0.2, -0.15) is 5.10 Å². The molecule has 25 heavy (non-hydrogen) atoms. The predicted octanol–water partition coefficient (Wildman–Crippen LogP) is 4.52. The molecule has 0 saturated carbocycles. The van der Waals surface area contributed by atoms with E-state index in [4.69, 9.17) is 27.9 Å². The Morgan fingerprint density at radius 3 is 2.72 bits per heavy atom. The van der Waals surface area contributed by atoms with Gasteiger partial charge in [0.2, 0.25) is 0 Å². The van der Waals surface area contributed by atoms with Crippen molar-refractivity contribution in [3.63, 3.8) is 0 Å². The van der Waals surface area contributed by atoms with Gasteiger partial charge in [-0.3, -0.25) is 9.89 Å². The zero-order valence-electron chi connectivity index (χ0n) is 13.2. The molecule has 0 aliphatic carbocycles. The molecule has 0 radical (unpaired) electrons. The van der Waals surface area contributed by atoms with Gasteiger partial charge in [0.1, 0.15) is 12.4 Å². The molecule has 0 bridgehead atoms. The number of hydrogen-bond donors (Lipinski definition) is 2. The Balaban J connectivity index is 1.86. The number of aromatic nitrogens is 2. The summed E-state index contributed by atoms with van der Waals surface area (Å²) in [6.07, 6.45) is 0. The lowest BCUT2D eigenvalue weighted by Crippen LogP contribution is -2.12. The first-order valence-electron chi connectivity index (χ1n) is 7.35. The van der Waals surface area contributed by atoms with E-state index in [1.807, 2.05) is 6.07 Å². The number of amides is 1. The molecule has 1 amide bonds. The number of nitrogens with zero attached hydrogens (tertiary/aromatic N) is 1. The summed E-state index contributed by atoms with van der Waals surface area (Å²) in [5.41, 5.74) is 1.12. The molecule has 0 saturated heterocycles. The maximum Gasteiger partial charge on any atom is 0.256 e. The minimum absolute atomic E-state index is 0.294. The number of carbonyl (C=O) groups excluding carboxylic acids is 1. The molecule has 7 heteroatoms. The number of halogens is 2. The largest absolute Gasteiger partial charge is 0.481 e. The van der Waals surface area contributed by atoms with Gasteiger partial charge in [-0.15, -0.1) is 5.92 Å². The summed E-state index contributed by atoms with van der Waals surface area (Å²) in [6, 6.07) is 10.1. The highest BCUT2D eigenvalue weighted by Crippen LogP contribution is 2.26. The highest BCUT2D eigenvalue weighted by Gasteiger charge is 2.13. The average molecular weight is 374 g/mol. The minimum Gasteiger partial charge on any atom is -0.481 e. The molecule has 1 heterocycles. The second-order valence-electron chi connectivity index (χ2n) is 5.11. The first-order chi connectivity index (χ1) is 12.1. The second-order valence-corrected chi connectivity index (χ2v) is 5.98. The number of hydrogen-bond acceptors (Lipinski definition) is 3. The van der Waals surface area contributed by atoms with Crippen LogP contribution in [0.5, 0.6) is 5.75 Å². The molecule has 5 nitrogen and oxygen atoms in total. The lowest BCUT2D eigenvalue weighted by Gasteiger charge is -2.05. The summed E-state index contributed by atoms with van der Waals surface area (Å²) < 4.78 is 5.54. The van der Waals surface area contributed by atoms with Gasteiger partial charge in [0, 0.05) is 21.0 Å². The Morgan fingerprint density at radius 1 is 1.24 bits per heavy atom. The summed E-state index contributed by atoms with van der Waals surface area (Å²) in [6.45, 7) is 2.04. The summed E-state index contributed by atoms with van der Waals surface area (Å²) in [5, 5.41) is 11.2. The van der Waals surface area contributed by atoms with Crippen LogP contribution < -0.4 is 10.1 Å². The van der Waals surface area contributed by atoms with Crippen LogP contribution in [0.2, 0.25) is 10.0 Å². The van der Waals surface area contributed by atoms with Gasteiger partial charge in [0.05, 0.1) is 5.52 Å². The molecule has 0 spiro atoms. The Morgan fingerprint density at radius 2 is 2.00 bits per heavy atom. The van der Waals surface area contributed by atoms with E-state index in [1.54, 1.807) is 25.1 Å². The van der Waals surface area contributed by atoms with Gasteiger partial charge in [-0.1, -0.05) is 29.1 Å². The second kappa shape index (κ2) is 7.47. The van der Waals surface area contributed by atoms with Gasteiger partial charge >= 0.3 is 0 Å². The molecule has 3 aromatic rings. The average Bonchev–Trinajstić information content (AvgIpc) is 2.96. The molecule has 0 atom stereocenters. The van der Waals surface area contributed by atoms with E-state index in [-0.39, 0.29) is 5.91 Å². The molecule has 3 rings (SSSR count). The number of ether oxygens (including phenoxy) is 1. The van der Waals surface area contributed by atoms with Crippen LogP contribution >= 0.6 is 23.2 Å². The number of benzene rings is 2. The van der Waals surface area contributed by atoms with Crippen molar-refractivity contribution in [3.8, 4) is 17.6 Å². The van der Waals surface area contributed by atoms with Crippen LogP contribution in [0, 0.1) is 11.8 Å². The topological polar surface area (TPSA) is 67.0 Å². The molecule has 0 aliphatic rings. The number of aromatic amines is 1. The number of fused-ring (bicyclic) bond motifs is 1. The highest BCUT2D eigenvalue weighted by molar-refractivity contribution is 6.35. The summed E-state index contributed by atoms with van der Waals surface area (Å²) >= 11 is 11.9. The van der Waals surface area contributed by atoms with Gasteiger partial charge in [0.25, 0.3) is 5.91 Å². The van der Waals surface area contributed by atoms with Crippen molar-refractivity contribution in [2.75, 3.05) is 11.9 Å². The molecular formula is C18H13Cl2N3O2. The first-order valence-corrected chi connectivity index (χ1v) is 8.10. The molecule has 0 fully saturated rings. The maximum atomic E-state index is 12.4. The van der Waals surface area contributed by atoms with E-state index < -0.39 is 0 Å². The SMILES string of the molecule is CC#CCOc1ccc2[nH]nc(NC(=O)c3cc(Cl)cc(Cl)c3)c2c1. The van der Waals surface area contributed by atoms with Gasteiger partial charge in [0.15, 0.2) is 5.82 Å². The highest BCUT2D eigenvalue weighted by atomic mass is 35.5. The zero-order chi connectivity index (χ0) is 17.8. The summed E-state index contributed by atoms with van der Waals surface area (Å²) in [7, 11) is 0. The molecule has 126 valence electrons. The van der Waals surface area contributed by atoms with Gasteiger partial charge in [-0.25, -0.2) is 0 Å². The normalized spacial score (nSPS) is 10.2. The molecule has 1 aromatic heterocycles. The van der Waals surface area contributed by atoms with Crippen LogP contribution in [0.1, 0.15) is 17.3 Å². The standard InChI is InChI=1S/C18H13Cl2N3O2/c1-2-3-6-25-14-4-5-16-15(10-14)17(23-22-16)21-18(24)11-7-12(19)9-13(20)8-11/h4-5,7-10H,6H2,1H3,(H2,21,22,23,24). The number of anilines is 1. The minimum atomic E-state index is -0.360. The van der Waals surface area contributed by atoms with E-state index in [9.17, 15) is 4.79 Å². The Hall–Kier alpha value is -2.68. The smallest absolute Gasteiger partial charge is 0.256 e. The first kappa shape index (κ1) is 17.2. The van der Waals surface area contributed by atoms with Crippen molar-refractivity contribution in [2.45, 2.75) is 6.92 Å². The summed E-state index contributed by atoms with van der Waals surface area (Å²) in [5.74, 6) is 6.26. The molecule has 2 aromatic carbocycles. The molecular weight excluding hydrogens is 361 g/mol. The van der Waals surface area contributed by atoms with E-state index in [1.165, 1.54) is 12.1 Å². The number of rotatable bonds is 4. The fraction of sp³-hybridized carbons (Fsp3) is 0.111. The van der Waals surface area contributed by atoms with E-state index in [0.717, 1.165) is 10.9 Å². The van der Waals surface area contributed by atoms with Crippen molar-refractivity contribution >= 4 is 45.8 Å². The molecule has 0 unspecified atom stereocenters. The fourth-order valence-electron chi connectivity index (χ4n) is 2.23. The van der Waals surface area contributed by atoms with Crippen LogP contribution in [0.4, 0.5) is 5.82 Å². The number of H-pyrrole nitrogens is 1. The van der Waals surface area contributed by atoms with E-state index in [2.05, 4.69) is 27.4 Å². The molecule has 2 N–H and O–H groups in total. The van der Waals surface area contributed by atoms with Crippen LogP contribution in [0.15, 0.2) is 36.4 Å². The quantitative estimate of drug-likeness (QED) is 0.660. The van der Waals surface area contributed by atoms with Gasteiger partial charge < -0.3 is 10.1 Å². The lowest BCUT2D eigenvalue weighted by atomic mass is 10.2. The van der Waals surface area contributed by atoms with E-state index >= 15 is 0 Å². The van der Waals surface area contributed by atoms with E-state index in [0.29, 0.717) is 33.8 Å². The molecule has 0 aliphatic heterocycles. The van der Waals surface area contributed by atoms with Crippen molar-refractivity contribution in [1.82, 2.24) is 10.2 Å². The van der Waals surface area contributed by atoms with Crippen molar-refractivity contribution < 1.29 is 9.53 Å². The Labute approximate surface area is 154 Å². The number of nitrogens with one attached hydrogen (secondary N) is 2. The van der Waals surface area contributed by atoms with Crippen LogP contribution in [0.3, 0.4) is 0 Å². The van der Waals surface area contributed by atoms with Crippen LogP contribution in [-0.4, -0.2) is 22.7 Å². The van der Waals surface area contributed by atoms with Crippen molar-refractivity contribution in [2.24, 2.45) is 0 Å². The van der Waals surface area contributed by atoms with Crippen molar-refractivity contribution in [3.05, 3.63) is 52.0 Å². The number of carbonyl (C=O) groups is 1. The Bertz CT molecular complexity index is 982.